The highest BCUT2D eigenvalue weighted by molar-refractivity contribution is 7.48. The summed E-state index contributed by atoms with van der Waals surface area (Å²) in [5.74, 6) is 0.845. The molecule has 0 saturated carbocycles. The van der Waals surface area contributed by atoms with Crippen molar-refractivity contribution in [3.05, 3.63) is 106 Å². The lowest BCUT2D eigenvalue weighted by molar-refractivity contribution is 0.0343. The Morgan fingerprint density at radius 3 is 1.40 bits per heavy atom. The third-order valence-corrected chi connectivity index (χ3v) is 11.3. The molecule has 0 aromatic heterocycles. The van der Waals surface area contributed by atoms with E-state index < -0.39 is 19.0 Å². The van der Waals surface area contributed by atoms with Gasteiger partial charge in [-0.25, -0.2) is 4.57 Å². The number of hydrogen-bond acceptors (Lipinski definition) is 5. The molecule has 4 atom stereocenters. The molecule has 0 bridgehead atoms. The summed E-state index contributed by atoms with van der Waals surface area (Å²) in [6.07, 6.45) is 19.3. The molecule has 2 aromatic carbocycles. The maximum atomic E-state index is 13.5. The van der Waals surface area contributed by atoms with Crippen LogP contribution in [0.5, 0.6) is 11.5 Å². The number of allylic oxidation sites excluding steroid dienone is 4. The van der Waals surface area contributed by atoms with E-state index in [-0.39, 0.29) is 11.8 Å². The van der Waals surface area contributed by atoms with Gasteiger partial charge in [-0.05, 0) is 98.6 Å². The average molecular weight is 663 g/mol. The zero-order valence-electron chi connectivity index (χ0n) is 29.2. The minimum absolute atomic E-state index is 0.0699. The lowest BCUT2D eigenvalue weighted by Crippen LogP contribution is -2.37. The van der Waals surface area contributed by atoms with Crippen LogP contribution in [-0.4, -0.2) is 26.3 Å². The van der Waals surface area contributed by atoms with Gasteiger partial charge < -0.3 is 19.3 Å². The second-order valence-electron chi connectivity index (χ2n) is 13.0. The van der Waals surface area contributed by atoms with Crippen LogP contribution in [0.2, 0.25) is 0 Å². The van der Waals surface area contributed by atoms with Gasteiger partial charge in [-0.2, -0.15) is 0 Å². The van der Waals surface area contributed by atoms with E-state index in [0.717, 1.165) is 60.8 Å². The second-order valence-corrected chi connectivity index (χ2v) is 14.3. The Labute approximate surface area is 282 Å². The molecule has 6 nitrogen and oxygen atoms in total. The van der Waals surface area contributed by atoms with Gasteiger partial charge in [0, 0.05) is 11.8 Å². The Bertz CT molecular complexity index is 1440. The van der Waals surface area contributed by atoms with Gasteiger partial charge >= 0.3 is 7.82 Å². The molecular weight excluding hydrogens is 607 g/mol. The molecule has 0 amide bonds. The van der Waals surface area contributed by atoms with Crippen molar-refractivity contribution in [3.8, 4) is 11.5 Å². The molecule has 2 aromatic rings. The van der Waals surface area contributed by atoms with Crippen molar-refractivity contribution in [2.45, 2.75) is 117 Å². The quantitative estimate of drug-likeness (QED) is 0.155. The van der Waals surface area contributed by atoms with Gasteiger partial charge in [0.05, 0.1) is 11.2 Å². The fraction of sp³-hybridized carbons (Fsp3) is 0.500. The minimum atomic E-state index is -4.53. The van der Waals surface area contributed by atoms with E-state index in [2.05, 4.69) is 26.0 Å². The van der Waals surface area contributed by atoms with Crippen LogP contribution in [-0.2, 0) is 30.2 Å². The summed E-state index contributed by atoms with van der Waals surface area (Å²) in [7, 11) is -4.53. The Morgan fingerprint density at radius 2 is 1.06 bits per heavy atom. The van der Waals surface area contributed by atoms with Gasteiger partial charge in [0.25, 0.3) is 0 Å². The van der Waals surface area contributed by atoms with E-state index in [0.29, 0.717) is 37.2 Å². The summed E-state index contributed by atoms with van der Waals surface area (Å²) < 4.78 is 25.1. The standard InChI is InChI=1S/C40H55O6P/c1-7-33-29(23-25-31-19-15-27-39(41,11-5)35(31)9-3)17-13-21-37(33)45-47(43,44)46-38-22-14-18-30(34(38)8-2)24-26-32-20-16-28-40(42,12-6)36(32)10-4/h13-22,27-28,35-36,41-42H,7-12,23-26H2,1-6H3,(H,43,44). The molecule has 0 radical (unpaired) electrons. The molecule has 7 heteroatoms. The van der Waals surface area contributed by atoms with Gasteiger partial charge in [-0.1, -0.05) is 113 Å². The number of rotatable bonds is 16. The van der Waals surface area contributed by atoms with Gasteiger partial charge in [0.1, 0.15) is 11.5 Å². The predicted octanol–water partition coefficient (Wildman–Crippen LogP) is 9.56. The first kappa shape index (κ1) is 36.9. The molecular formula is C40H55O6P. The Hall–Kier alpha value is -2.89. The van der Waals surface area contributed by atoms with E-state index in [1.807, 2.05) is 76.3 Å². The smallest absolute Gasteiger partial charge is 0.395 e. The van der Waals surface area contributed by atoms with Crippen molar-refractivity contribution in [2.24, 2.45) is 11.8 Å². The largest absolute Gasteiger partial charge is 0.584 e. The van der Waals surface area contributed by atoms with E-state index in [9.17, 15) is 19.7 Å². The van der Waals surface area contributed by atoms with Gasteiger partial charge in [-0.3, -0.25) is 4.89 Å². The summed E-state index contributed by atoms with van der Waals surface area (Å²) in [5, 5.41) is 22.3. The van der Waals surface area contributed by atoms with Crippen molar-refractivity contribution in [3.63, 3.8) is 0 Å². The van der Waals surface area contributed by atoms with Gasteiger partial charge in [0.2, 0.25) is 0 Å². The third kappa shape index (κ3) is 8.40. The highest BCUT2D eigenvalue weighted by Crippen LogP contribution is 2.48. The first-order chi connectivity index (χ1) is 22.5. The van der Waals surface area contributed by atoms with Crippen molar-refractivity contribution in [1.29, 1.82) is 0 Å². The third-order valence-electron chi connectivity index (χ3n) is 10.4. The number of aliphatic hydroxyl groups is 2. The lowest BCUT2D eigenvalue weighted by Gasteiger charge is -2.36. The minimum Gasteiger partial charge on any atom is -0.395 e. The molecule has 0 fully saturated rings. The maximum absolute atomic E-state index is 13.5. The van der Waals surface area contributed by atoms with E-state index in [1.54, 1.807) is 12.1 Å². The molecule has 2 aliphatic carbocycles. The number of hydrogen-bond donors (Lipinski definition) is 3. The van der Waals surface area contributed by atoms with Crippen molar-refractivity contribution < 1.29 is 28.7 Å². The zero-order chi connectivity index (χ0) is 34.2. The first-order valence-corrected chi connectivity index (χ1v) is 19.1. The number of phosphoric acid groups is 1. The van der Waals surface area contributed by atoms with E-state index in [4.69, 9.17) is 9.05 Å². The molecule has 0 aliphatic heterocycles. The van der Waals surface area contributed by atoms with Gasteiger partial charge in [0.15, 0.2) is 0 Å². The Morgan fingerprint density at radius 1 is 0.660 bits per heavy atom. The number of aryl methyl sites for hydroxylation is 2. The van der Waals surface area contributed by atoms with Crippen molar-refractivity contribution in [1.82, 2.24) is 0 Å². The highest BCUT2D eigenvalue weighted by atomic mass is 31.2. The van der Waals surface area contributed by atoms with Crippen LogP contribution in [0.3, 0.4) is 0 Å². The molecule has 256 valence electrons. The molecule has 2 aliphatic rings. The zero-order valence-corrected chi connectivity index (χ0v) is 30.1. The monoisotopic (exact) mass is 662 g/mol. The molecule has 4 rings (SSSR count). The van der Waals surface area contributed by atoms with Crippen molar-refractivity contribution in [2.75, 3.05) is 0 Å². The predicted molar refractivity (Wildman–Crippen MR) is 192 cm³/mol. The second kappa shape index (κ2) is 16.0. The highest BCUT2D eigenvalue weighted by Gasteiger charge is 2.36. The fourth-order valence-electron chi connectivity index (χ4n) is 7.75. The molecule has 47 heavy (non-hydrogen) atoms. The van der Waals surface area contributed by atoms with E-state index >= 15 is 0 Å². The molecule has 4 unspecified atom stereocenters. The van der Waals surface area contributed by atoms with Crippen LogP contribution in [0.1, 0.15) is 102 Å². The fourth-order valence-corrected chi connectivity index (χ4v) is 8.62. The average Bonchev–Trinajstić information content (AvgIpc) is 3.06. The van der Waals surface area contributed by atoms with Crippen LogP contribution >= 0.6 is 7.82 Å². The summed E-state index contributed by atoms with van der Waals surface area (Å²) in [6, 6.07) is 11.3. The molecule has 0 spiro atoms. The Balaban J connectivity index is 1.49. The van der Waals surface area contributed by atoms with Crippen LogP contribution < -0.4 is 9.05 Å². The van der Waals surface area contributed by atoms with Crippen LogP contribution in [0.4, 0.5) is 0 Å². The van der Waals surface area contributed by atoms with Crippen LogP contribution in [0.25, 0.3) is 0 Å². The molecule has 0 heterocycles. The maximum Gasteiger partial charge on any atom is 0.584 e. The van der Waals surface area contributed by atoms with Gasteiger partial charge in [-0.15, -0.1) is 0 Å². The topological polar surface area (TPSA) is 96.2 Å². The summed E-state index contributed by atoms with van der Waals surface area (Å²) in [4.78, 5) is 11.0. The van der Waals surface area contributed by atoms with E-state index in [1.165, 1.54) is 11.1 Å². The normalized spacial score (nSPS) is 25.2. The van der Waals surface area contributed by atoms with Crippen LogP contribution in [0, 0.1) is 11.8 Å². The number of benzene rings is 2. The first-order valence-electron chi connectivity index (χ1n) is 17.6. The molecule has 3 N–H and O–H groups in total. The van der Waals surface area contributed by atoms with Crippen LogP contribution in [0.15, 0.2) is 84.0 Å². The Kier molecular flexibility index (Phi) is 12.6. The summed E-state index contributed by atoms with van der Waals surface area (Å²) >= 11 is 0. The lowest BCUT2D eigenvalue weighted by atomic mass is 9.73. The number of phosphoric ester groups is 1. The SMILES string of the molecule is CCc1c(CCC2=CC=CC(O)(CC)C2CC)cccc1OP(=O)(O)Oc1cccc(CCC2=CC=CC(O)(CC)C2CC)c1CC. The summed E-state index contributed by atoms with van der Waals surface area (Å²) in [6.45, 7) is 12.3. The molecule has 0 saturated heterocycles. The summed E-state index contributed by atoms with van der Waals surface area (Å²) in [5.41, 5.74) is 4.67. The van der Waals surface area contributed by atoms with Crippen molar-refractivity contribution >= 4 is 7.82 Å².